The molecule has 1 heteroatoms. The summed E-state index contributed by atoms with van der Waals surface area (Å²) in [5, 5.41) is 3.37. The van der Waals surface area contributed by atoms with Gasteiger partial charge in [-0.3, -0.25) is 0 Å². The maximum atomic E-state index is 3.37. The van der Waals surface area contributed by atoms with Gasteiger partial charge in [0.05, 0.1) is 0 Å². The fourth-order valence-corrected chi connectivity index (χ4v) is 2.31. The SMILES string of the molecule is CCC.CCC1CCC12CNC2. The topological polar surface area (TPSA) is 12.0 Å². The summed E-state index contributed by atoms with van der Waals surface area (Å²) in [5.74, 6) is 1.07. The molecule has 0 aromatic rings. The zero-order valence-electron chi connectivity index (χ0n) is 8.82. The maximum absolute atomic E-state index is 3.37. The van der Waals surface area contributed by atoms with Crippen molar-refractivity contribution in [2.45, 2.75) is 46.5 Å². The number of rotatable bonds is 1. The Kier molecular flexibility index (Phi) is 3.57. The van der Waals surface area contributed by atoms with E-state index in [9.17, 15) is 0 Å². The van der Waals surface area contributed by atoms with E-state index in [-0.39, 0.29) is 0 Å². The van der Waals surface area contributed by atoms with Crippen molar-refractivity contribution >= 4 is 0 Å². The Morgan fingerprint density at radius 1 is 1.25 bits per heavy atom. The van der Waals surface area contributed by atoms with Crippen LogP contribution >= 0.6 is 0 Å². The van der Waals surface area contributed by atoms with Gasteiger partial charge in [0.1, 0.15) is 0 Å². The van der Waals surface area contributed by atoms with E-state index in [4.69, 9.17) is 0 Å². The first kappa shape index (κ1) is 10.0. The van der Waals surface area contributed by atoms with Gasteiger partial charge in [0, 0.05) is 13.1 Å². The van der Waals surface area contributed by atoms with Crippen molar-refractivity contribution in [2.24, 2.45) is 11.3 Å². The zero-order valence-corrected chi connectivity index (χ0v) is 8.82. The Labute approximate surface area is 76.9 Å². The molecule has 72 valence electrons. The summed E-state index contributed by atoms with van der Waals surface area (Å²) in [6.45, 7) is 9.20. The molecule has 1 aliphatic carbocycles. The van der Waals surface area contributed by atoms with Crippen molar-refractivity contribution in [3.05, 3.63) is 0 Å². The van der Waals surface area contributed by atoms with Crippen LogP contribution in [0.1, 0.15) is 46.5 Å². The minimum atomic E-state index is 0.800. The Balaban J connectivity index is 0.000000213. The minimum Gasteiger partial charge on any atom is -0.316 e. The average Bonchev–Trinajstić information content (AvgIpc) is 1.84. The molecular weight excluding hydrogens is 146 g/mol. The van der Waals surface area contributed by atoms with E-state index >= 15 is 0 Å². The van der Waals surface area contributed by atoms with Gasteiger partial charge in [-0.25, -0.2) is 0 Å². The Morgan fingerprint density at radius 2 is 1.83 bits per heavy atom. The van der Waals surface area contributed by atoms with Gasteiger partial charge in [0.15, 0.2) is 0 Å². The van der Waals surface area contributed by atoms with Crippen LogP contribution in [0.25, 0.3) is 0 Å². The van der Waals surface area contributed by atoms with Crippen LogP contribution in [0.2, 0.25) is 0 Å². The molecule has 2 aliphatic rings. The van der Waals surface area contributed by atoms with E-state index < -0.39 is 0 Å². The summed E-state index contributed by atoms with van der Waals surface area (Å²) < 4.78 is 0. The fraction of sp³-hybridized carbons (Fsp3) is 1.00. The van der Waals surface area contributed by atoms with Gasteiger partial charge in [-0.2, -0.15) is 0 Å². The molecule has 0 aromatic heterocycles. The molecule has 1 saturated carbocycles. The third-order valence-corrected chi connectivity index (χ3v) is 3.30. The second kappa shape index (κ2) is 4.27. The molecule has 0 amide bonds. The standard InChI is InChI=1S/C8H15N.C3H8/c1-2-7-3-4-8(7)5-9-6-8;1-3-2/h7,9H,2-6H2,1H3;3H2,1-2H3. The summed E-state index contributed by atoms with van der Waals surface area (Å²) in [4.78, 5) is 0. The van der Waals surface area contributed by atoms with Crippen LogP contribution in [0.15, 0.2) is 0 Å². The lowest BCUT2D eigenvalue weighted by molar-refractivity contribution is -0.0254. The van der Waals surface area contributed by atoms with Crippen LogP contribution < -0.4 is 5.32 Å². The Bertz CT molecular complexity index is 119. The van der Waals surface area contributed by atoms with Gasteiger partial charge in [-0.1, -0.05) is 33.6 Å². The summed E-state index contributed by atoms with van der Waals surface area (Å²) in [7, 11) is 0. The first-order valence-corrected chi connectivity index (χ1v) is 5.49. The molecule has 1 saturated heterocycles. The van der Waals surface area contributed by atoms with Crippen molar-refractivity contribution in [1.82, 2.24) is 5.32 Å². The highest BCUT2D eigenvalue weighted by atomic mass is 15.0. The summed E-state index contributed by atoms with van der Waals surface area (Å²) >= 11 is 0. The molecule has 2 fully saturated rings. The first-order chi connectivity index (χ1) is 5.79. The predicted molar refractivity (Wildman–Crippen MR) is 54.3 cm³/mol. The van der Waals surface area contributed by atoms with Crippen LogP contribution in [-0.4, -0.2) is 13.1 Å². The smallest absolute Gasteiger partial charge is 0.00229 e. The Morgan fingerprint density at radius 3 is 1.92 bits per heavy atom. The largest absolute Gasteiger partial charge is 0.316 e. The molecule has 12 heavy (non-hydrogen) atoms. The lowest BCUT2D eigenvalue weighted by atomic mass is 9.56. The maximum Gasteiger partial charge on any atom is 0.00229 e. The van der Waals surface area contributed by atoms with Gasteiger partial charge >= 0.3 is 0 Å². The lowest BCUT2D eigenvalue weighted by Crippen LogP contribution is -2.62. The highest BCUT2D eigenvalue weighted by molar-refractivity contribution is 5.03. The van der Waals surface area contributed by atoms with Crippen LogP contribution in [0.5, 0.6) is 0 Å². The van der Waals surface area contributed by atoms with E-state index in [1.807, 2.05) is 0 Å². The molecule has 1 atom stereocenters. The molecule has 1 aliphatic heterocycles. The van der Waals surface area contributed by atoms with Gasteiger partial charge in [-0.15, -0.1) is 0 Å². The number of nitrogens with one attached hydrogen (secondary N) is 1. The van der Waals surface area contributed by atoms with E-state index in [1.54, 1.807) is 0 Å². The average molecular weight is 169 g/mol. The molecule has 1 unspecified atom stereocenters. The normalized spacial score (nSPS) is 29.8. The van der Waals surface area contributed by atoms with Crippen molar-refractivity contribution in [3.8, 4) is 0 Å². The summed E-state index contributed by atoms with van der Waals surface area (Å²) in [6.07, 6.45) is 5.65. The fourth-order valence-electron chi connectivity index (χ4n) is 2.31. The third-order valence-electron chi connectivity index (χ3n) is 3.30. The molecule has 0 aromatic carbocycles. The van der Waals surface area contributed by atoms with E-state index in [0.717, 1.165) is 11.3 Å². The van der Waals surface area contributed by atoms with Gasteiger partial charge in [-0.05, 0) is 24.2 Å². The molecule has 1 N–H and O–H groups in total. The van der Waals surface area contributed by atoms with Crippen molar-refractivity contribution in [3.63, 3.8) is 0 Å². The van der Waals surface area contributed by atoms with Gasteiger partial charge in [0.25, 0.3) is 0 Å². The second-order valence-electron chi connectivity index (χ2n) is 4.32. The number of hydrogen-bond acceptors (Lipinski definition) is 1. The van der Waals surface area contributed by atoms with Gasteiger partial charge < -0.3 is 5.32 Å². The van der Waals surface area contributed by atoms with Gasteiger partial charge in [0.2, 0.25) is 0 Å². The molecule has 2 rings (SSSR count). The van der Waals surface area contributed by atoms with Crippen molar-refractivity contribution in [1.29, 1.82) is 0 Å². The molecule has 1 spiro atoms. The summed E-state index contributed by atoms with van der Waals surface area (Å²) in [6, 6.07) is 0. The molecule has 0 bridgehead atoms. The highest BCUT2D eigenvalue weighted by Crippen LogP contribution is 2.50. The lowest BCUT2D eigenvalue weighted by Gasteiger charge is -2.56. The van der Waals surface area contributed by atoms with Crippen LogP contribution in [0.3, 0.4) is 0 Å². The molecule has 1 heterocycles. The van der Waals surface area contributed by atoms with E-state index in [0.29, 0.717) is 0 Å². The monoisotopic (exact) mass is 169 g/mol. The van der Waals surface area contributed by atoms with Crippen LogP contribution in [0, 0.1) is 11.3 Å². The molecule has 0 radical (unpaired) electrons. The Hall–Kier alpha value is -0.0400. The summed E-state index contributed by atoms with van der Waals surface area (Å²) in [5.41, 5.74) is 0.800. The van der Waals surface area contributed by atoms with Crippen LogP contribution in [0.4, 0.5) is 0 Å². The number of hydrogen-bond donors (Lipinski definition) is 1. The van der Waals surface area contributed by atoms with Crippen molar-refractivity contribution in [2.75, 3.05) is 13.1 Å². The second-order valence-corrected chi connectivity index (χ2v) is 4.32. The molecule has 1 nitrogen and oxygen atoms in total. The predicted octanol–water partition coefficient (Wildman–Crippen LogP) is 2.81. The highest BCUT2D eigenvalue weighted by Gasteiger charge is 2.49. The van der Waals surface area contributed by atoms with Crippen LogP contribution in [-0.2, 0) is 0 Å². The van der Waals surface area contributed by atoms with E-state index in [2.05, 4.69) is 26.1 Å². The minimum absolute atomic E-state index is 0.800. The molecular formula is C11H23N. The third kappa shape index (κ3) is 1.66. The first-order valence-electron chi connectivity index (χ1n) is 5.49. The quantitative estimate of drug-likeness (QED) is 0.636. The van der Waals surface area contributed by atoms with E-state index in [1.165, 1.54) is 38.8 Å². The van der Waals surface area contributed by atoms with Crippen molar-refractivity contribution < 1.29 is 0 Å². The zero-order chi connectivity index (χ0) is 9.03.